The quantitative estimate of drug-likeness (QED) is 0.0333. The van der Waals surface area contributed by atoms with E-state index in [1.807, 2.05) is 0 Å². The van der Waals surface area contributed by atoms with Gasteiger partial charge in [0.1, 0.15) is 61.9 Å². The molecule has 1 aliphatic carbocycles. The predicted octanol–water partition coefficient (Wildman–Crippen LogP) is -3.55. The zero-order valence-corrected chi connectivity index (χ0v) is 45.6. The van der Waals surface area contributed by atoms with E-state index in [0.29, 0.717) is 25.1 Å². The number of aryl methyl sites for hydroxylation is 1. The van der Waals surface area contributed by atoms with E-state index >= 15 is 0 Å². The number of allylic oxidation sites excluding steroid dienone is 4. The van der Waals surface area contributed by atoms with Crippen LogP contribution < -0.4 is 62.2 Å². The van der Waals surface area contributed by atoms with Crippen molar-refractivity contribution < 1.29 is 43.9 Å². The topological polar surface area (TPSA) is 477 Å². The van der Waals surface area contributed by atoms with Crippen LogP contribution in [0.1, 0.15) is 63.8 Å². The van der Waals surface area contributed by atoms with Gasteiger partial charge in [-0.15, -0.1) is 5.10 Å². The average Bonchev–Trinajstić information content (AvgIpc) is 4.22. The number of aromatic nitrogens is 3. The van der Waals surface area contributed by atoms with Gasteiger partial charge in [0.25, 0.3) is 0 Å². The highest BCUT2D eigenvalue weighted by molar-refractivity contribution is 6.03. The molecular formula is C52H79N20O8+. The summed E-state index contributed by atoms with van der Waals surface area (Å²) in [6, 6.07) is 12.3. The van der Waals surface area contributed by atoms with Crippen LogP contribution in [0.5, 0.6) is 0 Å². The Balaban J connectivity index is 0.997. The molecule has 0 spiro atoms. The second-order valence-corrected chi connectivity index (χ2v) is 21.8. The van der Waals surface area contributed by atoms with Crippen LogP contribution in [0.3, 0.4) is 0 Å². The number of aliphatic hydroxyl groups excluding tert-OH is 4. The molecule has 80 heavy (non-hydrogen) atoms. The van der Waals surface area contributed by atoms with Gasteiger partial charge in [-0.25, -0.2) is 24.7 Å². The molecule has 0 radical (unpaired) electrons. The first-order chi connectivity index (χ1) is 37.8. The van der Waals surface area contributed by atoms with E-state index < -0.39 is 97.5 Å². The average molecular weight is 1110 g/mol. The van der Waals surface area contributed by atoms with Gasteiger partial charge in [-0.3, -0.25) is 4.99 Å². The molecule has 5 heterocycles. The lowest BCUT2D eigenvalue weighted by molar-refractivity contribution is -0.401. The summed E-state index contributed by atoms with van der Waals surface area (Å²) in [6.45, 7) is 9.40. The van der Waals surface area contributed by atoms with E-state index in [1.54, 1.807) is 6.20 Å². The lowest BCUT2D eigenvalue weighted by Gasteiger charge is -2.47. The van der Waals surface area contributed by atoms with E-state index in [-0.39, 0.29) is 54.6 Å². The fourth-order valence-corrected chi connectivity index (χ4v) is 11.7. The van der Waals surface area contributed by atoms with Gasteiger partial charge in [0.05, 0.1) is 42.4 Å². The highest BCUT2D eigenvalue weighted by Gasteiger charge is 2.53. The van der Waals surface area contributed by atoms with Crippen LogP contribution >= 0.6 is 0 Å². The summed E-state index contributed by atoms with van der Waals surface area (Å²) in [5.41, 5.74) is 65.4. The summed E-state index contributed by atoms with van der Waals surface area (Å²) in [7, 11) is 2.11. The molecule has 8 rings (SSSR count). The van der Waals surface area contributed by atoms with E-state index in [1.165, 1.54) is 32.9 Å². The fraction of sp³-hybridized carbons (Fsp3) is 0.538. The zero-order valence-electron chi connectivity index (χ0n) is 45.6. The molecule has 4 aliphatic heterocycles. The van der Waals surface area contributed by atoms with Crippen molar-refractivity contribution >= 4 is 46.9 Å². The molecule has 5 aliphatic rings. The monoisotopic (exact) mass is 1110 g/mol. The van der Waals surface area contributed by atoms with Gasteiger partial charge in [-0.1, -0.05) is 61.5 Å². The Morgan fingerprint density at radius 3 is 1.95 bits per heavy atom. The van der Waals surface area contributed by atoms with Crippen molar-refractivity contribution in [3.05, 3.63) is 95.5 Å². The third-order valence-corrected chi connectivity index (χ3v) is 15.4. The Morgan fingerprint density at radius 2 is 1.31 bits per heavy atom. The van der Waals surface area contributed by atoms with Crippen molar-refractivity contribution in [1.29, 1.82) is 0 Å². The molecule has 14 atom stereocenters. The number of nitrogens with two attached hydrogens (primary N) is 10. The summed E-state index contributed by atoms with van der Waals surface area (Å²) in [4.78, 5) is 23.4. The minimum Gasteiger partial charge on any atom is -0.390 e. The number of guanidine groups is 5. The fourth-order valence-electron chi connectivity index (χ4n) is 11.7. The van der Waals surface area contributed by atoms with Crippen molar-refractivity contribution in [2.75, 3.05) is 25.0 Å². The second-order valence-electron chi connectivity index (χ2n) is 21.8. The van der Waals surface area contributed by atoms with Gasteiger partial charge in [0, 0.05) is 53.7 Å². The molecule has 1 aromatic heterocycles. The molecule has 0 bridgehead atoms. The summed E-state index contributed by atoms with van der Waals surface area (Å²) in [5.74, 6) is -1.81. The van der Waals surface area contributed by atoms with Gasteiger partial charge in [-0.2, -0.15) is 4.58 Å². The molecule has 434 valence electrons. The van der Waals surface area contributed by atoms with Gasteiger partial charge in [0.15, 0.2) is 48.1 Å². The molecule has 28 nitrogen and oxygen atoms in total. The summed E-state index contributed by atoms with van der Waals surface area (Å²) in [5, 5.41) is 55.7. The number of ether oxygens (including phenoxy) is 4. The Morgan fingerprint density at radius 1 is 0.713 bits per heavy atom. The van der Waals surface area contributed by atoms with Gasteiger partial charge in [-0.05, 0) is 50.8 Å². The number of hydrogen-bond donors (Lipinski definition) is 14. The normalized spacial score (nSPS) is 31.1. The number of fused-ring (bicyclic) bond motifs is 2. The van der Waals surface area contributed by atoms with Gasteiger partial charge >= 0.3 is 0 Å². The van der Waals surface area contributed by atoms with Crippen LogP contribution in [0, 0.1) is 0 Å². The number of aliphatic hydroxyl groups is 4. The van der Waals surface area contributed by atoms with Crippen LogP contribution in [-0.2, 0) is 42.7 Å². The highest BCUT2D eigenvalue weighted by atomic mass is 16.7. The second kappa shape index (κ2) is 24.1. The lowest BCUT2D eigenvalue weighted by atomic mass is 9.81. The summed E-state index contributed by atoms with van der Waals surface area (Å²) in [6.07, 6.45) is -4.87. The Labute approximate surface area is 463 Å². The molecule has 2 saturated heterocycles. The lowest BCUT2D eigenvalue weighted by Crippen LogP contribution is -2.64. The first-order valence-corrected chi connectivity index (χ1v) is 26.5. The van der Waals surface area contributed by atoms with Crippen molar-refractivity contribution in [3.8, 4) is 0 Å². The molecule has 1 saturated carbocycles. The first kappa shape index (κ1) is 58.7. The standard InChI is InChI=1S/C52H79N20O8/c1-51(2)26-13-6-8-15-31(26)70(5)36(51)17-10-18-37-52(3,4)27-14-7-9-16-32(27)72(37)19-11-12-25-23-71(69-68-25)24-35-39(74)38(67-50(61)62)40(75)45(78-35)80-43-29(65-48(57)58)20-28(64-47(55)56)42(41(43)76)79-44-30(66-49(59)60)21-33(73)34(77-44)22-63-46(53)54/h6-10,13-18,23,28-30,33-35,38-45,73-76H,11-12,19-22,24H2,1-5H3,(H4,53,54,63)(H4,55,56,64)(H4,57,58,65)(H4,59,60,66)(H4,61,62,67)/q+1/t28-,29+,30+,33-,34+,35+,38-,39+,40+,41-,42+,43-,44+,45+/m0/s1. The maximum absolute atomic E-state index is 12.3. The van der Waals surface area contributed by atoms with Crippen LogP contribution in [-0.4, -0.2) is 181 Å². The van der Waals surface area contributed by atoms with E-state index in [4.69, 9.17) is 76.3 Å². The summed E-state index contributed by atoms with van der Waals surface area (Å²) < 4.78 is 29.1. The number of para-hydroxylation sites is 2. The maximum atomic E-state index is 12.3. The molecule has 0 unspecified atom stereocenters. The van der Waals surface area contributed by atoms with E-state index in [2.05, 4.69) is 146 Å². The largest absolute Gasteiger partial charge is 0.390 e. The van der Waals surface area contributed by atoms with Crippen molar-refractivity contribution in [3.63, 3.8) is 0 Å². The van der Waals surface area contributed by atoms with Crippen LogP contribution in [0.15, 0.2) is 104 Å². The highest BCUT2D eigenvalue weighted by Crippen LogP contribution is 2.48. The van der Waals surface area contributed by atoms with Crippen molar-refractivity contribution in [2.24, 2.45) is 82.3 Å². The van der Waals surface area contributed by atoms with E-state index in [0.717, 1.165) is 5.69 Å². The predicted molar refractivity (Wildman–Crippen MR) is 302 cm³/mol. The number of rotatable bonds is 18. The maximum Gasteiger partial charge on any atom is 0.209 e. The number of nitrogens with zero attached hydrogens (tertiary/aromatic N) is 10. The SMILES string of the molecule is C[N+]1=C(/C=C/C=C2\N(CCCc3cn(C[C@H]4O[C@H](O[C@@H]5[C@@H](O)[C@H](O[C@H]6O[C@H](CN=C(N)N)[C@@H](O)C[C@H]6N=C(N)N)[C@@H](N=C(N)N)C[C@H]5N=C(N)N)[C@H](O)[C@@H](N=C(N)N)[C@@H]4O)nn3)c3ccccc3C2(C)C)C(C)(C)c2ccccc21. The molecular weight excluding hydrogens is 1030 g/mol. The smallest absolute Gasteiger partial charge is 0.209 e. The molecule has 0 amide bonds. The summed E-state index contributed by atoms with van der Waals surface area (Å²) >= 11 is 0. The molecule has 3 aromatic rings. The minimum absolute atomic E-state index is 0.0821. The van der Waals surface area contributed by atoms with Crippen molar-refractivity contribution in [1.82, 2.24) is 15.0 Å². The third kappa shape index (κ3) is 12.6. The van der Waals surface area contributed by atoms with Crippen molar-refractivity contribution in [2.45, 2.75) is 156 Å². The van der Waals surface area contributed by atoms with Crippen LogP contribution in [0.4, 0.5) is 11.4 Å². The first-order valence-electron chi connectivity index (χ1n) is 26.5. The van der Waals surface area contributed by atoms with Gasteiger partial charge < -0.3 is 102 Å². The molecule has 28 heteroatoms. The van der Waals surface area contributed by atoms with Crippen LogP contribution in [0.2, 0.25) is 0 Å². The Kier molecular flexibility index (Phi) is 17.7. The van der Waals surface area contributed by atoms with Gasteiger partial charge in [0.2, 0.25) is 5.69 Å². The van der Waals surface area contributed by atoms with Crippen LogP contribution in [0.25, 0.3) is 0 Å². The molecule has 24 N–H and O–H groups in total. The van der Waals surface area contributed by atoms with E-state index in [9.17, 15) is 20.4 Å². The third-order valence-electron chi connectivity index (χ3n) is 15.4. The number of anilines is 1. The number of benzene rings is 2. The molecule has 3 fully saturated rings. The molecule has 2 aromatic carbocycles. The minimum atomic E-state index is -1.75. The zero-order chi connectivity index (χ0) is 58.0. The Bertz CT molecular complexity index is 2940. The number of hydrogen-bond acceptors (Lipinski definition) is 16. The Hall–Kier alpha value is -7.44. The number of aliphatic imine (C=N–C) groups is 5.